The molecule has 9 nitrogen and oxygen atoms in total. The van der Waals surface area contributed by atoms with Crippen molar-refractivity contribution in [3.05, 3.63) is 84.4 Å². The molecule has 214 valence electrons. The zero-order valence-corrected chi connectivity index (χ0v) is 24.1. The highest BCUT2D eigenvalue weighted by Gasteiger charge is 2.23. The minimum absolute atomic E-state index is 0.0998. The van der Waals surface area contributed by atoms with Crippen molar-refractivity contribution >= 4 is 17.8 Å². The second-order valence-corrected chi connectivity index (χ2v) is 11.1. The minimum Gasteiger partial charge on any atom is -0.353 e. The quantitative estimate of drug-likeness (QED) is 0.293. The van der Waals surface area contributed by atoms with Crippen molar-refractivity contribution in [3.8, 4) is 16.8 Å². The van der Waals surface area contributed by atoms with E-state index in [1.807, 2.05) is 72.5 Å². The van der Waals surface area contributed by atoms with Crippen LogP contribution in [-0.2, 0) is 18.3 Å². The van der Waals surface area contributed by atoms with E-state index in [0.29, 0.717) is 36.8 Å². The number of nitrogens with one attached hydrogen (secondary N) is 2. The van der Waals surface area contributed by atoms with Gasteiger partial charge in [-0.1, -0.05) is 30.3 Å². The summed E-state index contributed by atoms with van der Waals surface area (Å²) in [5.74, 6) is 0.307. The molecule has 2 amide bonds. The number of benzene rings is 2. The van der Waals surface area contributed by atoms with Crippen LogP contribution in [0.1, 0.15) is 54.6 Å². The van der Waals surface area contributed by atoms with Crippen LogP contribution in [0.2, 0.25) is 0 Å². The third-order valence-electron chi connectivity index (χ3n) is 7.81. The molecule has 1 saturated carbocycles. The van der Waals surface area contributed by atoms with E-state index >= 15 is 0 Å². The van der Waals surface area contributed by atoms with E-state index < -0.39 is 0 Å². The van der Waals surface area contributed by atoms with Crippen LogP contribution < -0.4 is 10.6 Å². The van der Waals surface area contributed by atoms with E-state index in [0.717, 1.165) is 48.2 Å². The molecule has 2 heterocycles. The Kier molecular flexibility index (Phi) is 8.94. The molecule has 0 saturated heterocycles. The lowest BCUT2D eigenvalue weighted by molar-refractivity contribution is -0.122. The number of hydrogen-bond acceptors (Lipinski definition) is 5. The Morgan fingerprint density at radius 2 is 1.76 bits per heavy atom. The van der Waals surface area contributed by atoms with Gasteiger partial charge in [-0.05, 0) is 82.4 Å². The summed E-state index contributed by atoms with van der Waals surface area (Å²) < 4.78 is 3.63. The summed E-state index contributed by atoms with van der Waals surface area (Å²) in [6.45, 7) is 0. The number of nitrogens with zero attached hydrogens (tertiary/aromatic N) is 5. The molecular weight excluding hydrogens is 514 g/mol. The summed E-state index contributed by atoms with van der Waals surface area (Å²) in [5, 5.41) is 10.5. The first-order valence-electron chi connectivity index (χ1n) is 14.4. The maximum Gasteiger partial charge on any atom is 0.258 e. The second-order valence-electron chi connectivity index (χ2n) is 11.1. The van der Waals surface area contributed by atoms with Gasteiger partial charge in [-0.2, -0.15) is 5.10 Å². The molecule has 41 heavy (non-hydrogen) atoms. The number of aryl methyl sites for hydroxylation is 2. The molecule has 9 heteroatoms. The van der Waals surface area contributed by atoms with E-state index in [1.165, 1.54) is 0 Å². The van der Waals surface area contributed by atoms with Gasteiger partial charge in [-0.25, -0.2) is 4.98 Å². The number of para-hydroxylation sites is 1. The molecule has 0 atom stereocenters. The molecule has 2 N–H and O–H groups in total. The van der Waals surface area contributed by atoms with Crippen LogP contribution in [0.3, 0.4) is 0 Å². The largest absolute Gasteiger partial charge is 0.353 e. The summed E-state index contributed by atoms with van der Waals surface area (Å²) in [6, 6.07) is 18.2. The van der Waals surface area contributed by atoms with Crippen LogP contribution in [-0.4, -0.2) is 62.2 Å². The van der Waals surface area contributed by atoms with Gasteiger partial charge in [0.2, 0.25) is 11.9 Å². The van der Waals surface area contributed by atoms with Crippen LogP contribution in [0.4, 0.5) is 5.95 Å². The van der Waals surface area contributed by atoms with Gasteiger partial charge >= 0.3 is 0 Å². The van der Waals surface area contributed by atoms with E-state index in [-0.39, 0.29) is 17.9 Å². The third kappa shape index (κ3) is 7.29. The molecule has 1 aliphatic carbocycles. The number of carbonyl (C=O) groups excluding carboxylic acids is 2. The highest BCUT2D eigenvalue weighted by atomic mass is 16.2. The molecule has 4 aromatic rings. The van der Waals surface area contributed by atoms with Crippen LogP contribution >= 0.6 is 0 Å². The molecule has 0 aliphatic heterocycles. The van der Waals surface area contributed by atoms with Crippen LogP contribution in [0.5, 0.6) is 0 Å². The molecule has 0 spiro atoms. The summed E-state index contributed by atoms with van der Waals surface area (Å²) >= 11 is 0. The smallest absolute Gasteiger partial charge is 0.258 e. The van der Waals surface area contributed by atoms with Gasteiger partial charge < -0.3 is 10.2 Å². The molecule has 1 fully saturated rings. The van der Waals surface area contributed by atoms with Crippen molar-refractivity contribution in [2.45, 2.75) is 57.0 Å². The predicted molar refractivity (Wildman–Crippen MR) is 161 cm³/mol. The van der Waals surface area contributed by atoms with Crippen molar-refractivity contribution in [2.24, 2.45) is 7.05 Å². The molecule has 5 rings (SSSR count). The predicted octanol–water partition coefficient (Wildman–Crippen LogP) is 4.84. The van der Waals surface area contributed by atoms with E-state index in [4.69, 9.17) is 4.98 Å². The number of hydrogen-bond donors (Lipinski definition) is 2. The van der Waals surface area contributed by atoms with E-state index in [1.54, 1.807) is 16.9 Å². The lowest BCUT2D eigenvalue weighted by atomic mass is 9.90. The van der Waals surface area contributed by atoms with Gasteiger partial charge in [0.05, 0.1) is 11.9 Å². The molecular formula is C32H39N7O2. The Balaban J connectivity index is 1.22. The number of anilines is 1. The van der Waals surface area contributed by atoms with Gasteiger partial charge in [-0.3, -0.25) is 24.2 Å². The van der Waals surface area contributed by atoms with Gasteiger partial charge in [0.1, 0.15) is 0 Å². The van der Waals surface area contributed by atoms with Crippen molar-refractivity contribution in [1.82, 2.24) is 29.5 Å². The van der Waals surface area contributed by atoms with E-state index in [9.17, 15) is 9.59 Å². The van der Waals surface area contributed by atoms with Gasteiger partial charge in [0.25, 0.3) is 5.91 Å². The fourth-order valence-corrected chi connectivity index (χ4v) is 5.47. The van der Waals surface area contributed by atoms with Crippen molar-refractivity contribution < 1.29 is 9.59 Å². The van der Waals surface area contributed by atoms with Crippen molar-refractivity contribution in [1.29, 1.82) is 0 Å². The Morgan fingerprint density at radius 3 is 2.46 bits per heavy atom. The zero-order chi connectivity index (χ0) is 28.8. The maximum absolute atomic E-state index is 13.3. The van der Waals surface area contributed by atoms with Crippen molar-refractivity contribution in [3.63, 3.8) is 0 Å². The summed E-state index contributed by atoms with van der Waals surface area (Å²) in [7, 11) is 6.12. The Morgan fingerprint density at radius 1 is 0.976 bits per heavy atom. The van der Waals surface area contributed by atoms with Crippen LogP contribution in [0.25, 0.3) is 16.8 Å². The molecule has 2 aromatic heterocycles. The summed E-state index contributed by atoms with van der Waals surface area (Å²) in [6.07, 6.45) is 11.7. The number of amides is 2. The van der Waals surface area contributed by atoms with Gasteiger partial charge in [-0.15, -0.1) is 0 Å². The lowest BCUT2D eigenvalue weighted by Gasteiger charge is -2.33. The maximum atomic E-state index is 13.3. The topological polar surface area (TPSA) is 97.1 Å². The number of carbonyl (C=O) groups is 2. The zero-order valence-electron chi connectivity index (χ0n) is 24.1. The average Bonchev–Trinajstić information content (AvgIpc) is 3.60. The SMILES string of the molecule is CN(C)C1CCC(NC(=O)CCCc2cn(-c3ccccc3)c(NC(=O)c3cccc(-c4cnn(C)c4)c3)n2)CC1. The molecule has 0 bridgehead atoms. The number of rotatable bonds is 10. The monoisotopic (exact) mass is 553 g/mol. The molecule has 0 unspecified atom stereocenters. The first-order valence-corrected chi connectivity index (χ1v) is 14.4. The lowest BCUT2D eigenvalue weighted by Crippen LogP contribution is -2.41. The fourth-order valence-electron chi connectivity index (χ4n) is 5.47. The number of aromatic nitrogens is 4. The summed E-state index contributed by atoms with van der Waals surface area (Å²) in [4.78, 5) is 33.0. The molecule has 1 aliphatic rings. The average molecular weight is 554 g/mol. The molecule has 0 radical (unpaired) electrons. The van der Waals surface area contributed by atoms with E-state index in [2.05, 4.69) is 34.7 Å². The fraction of sp³-hybridized carbons (Fsp3) is 0.375. The highest BCUT2D eigenvalue weighted by molar-refractivity contribution is 6.04. The first kappa shape index (κ1) is 28.3. The van der Waals surface area contributed by atoms with Gasteiger partial charge in [0, 0.05) is 54.8 Å². The normalized spacial score (nSPS) is 17.0. The van der Waals surface area contributed by atoms with Crippen molar-refractivity contribution in [2.75, 3.05) is 19.4 Å². The Labute approximate surface area is 241 Å². The second kappa shape index (κ2) is 13.0. The van der Waals surface area contributed by atoms with Gasteiger partial charge in [0.15, 0.2) is 0 Å². The third-order valence-corrected chi connectivity index (χ3v) is 7.81. The minimum atomic E-state index is -0.242. The summed E-state index contributed by atoms with van der Waals surface area (Å²) in [5.41, 5.74) is 4.12. The Bertz CT molecular complexity index is 1470. The Hall–Kier alpha value is -4.24. The standard InChI is InChI=1S/C32H39N7O2/c1-37(2)28-17-15-26(16-18-28)34-30(40)14-8-11-27-22-39(29-12-5-4-6-13-29)32(35-27)36-31(41)24-10-7-9-23(19-24)25-20-33-38(3)21-25/h4-7,9-10,12-13,19-22,26,28H,8,11,14-18H2,1-3H3,(H,34,40)(H,35,36,41). The first-order chi connectivity index (χ1) is 19.9. The van der Waals surface area contributed by atoms with Crippen LogP contribution in [0, 0.1) is 0 Å². The van der Waals surface area contributed by atoms with Crippen LogP contribution in [0.15, 0.2) is 73.2 Å². The number of imidazole rings is 1. The molecule has 2 aromatic carbocycles. The highest BCUT2D eigenvalue weighted by Crippen LogP contribution is 2.23.